The molecule has 1 aromatic rings. The number of nitrogens with one attached hydrogen (secondary N) is 1. The summed E-state index contributed by atoms with van der Waals surface area (Å²) >= 11 is 1.59. The number of aliphatic hydroxyl groups excluding tert-OH is 1. The molecule has 1 heterocycles. The molecule has 0 unspecified atom stereocenters. The quantitative estimate of drug-likeness (QED) is 0.684. The first-order valence-corrected chi connectivity index (χ1v) is 8.95. The highest BCUT2D eigenvalue weighted by Crippen LogP contribution is 2.19. The molecule has 0 spiro atoms. The summed E-state index contributed by atoms with van der Waals surface area (Å²) in [7, 11) is -3.51. The van der Waals surface area contributed by atoms with Gasteiger partial charge < -0.3 is 5.11 Å². The Labute approximate surface area is 118 Å². The van der Waals surface area contributed by atoms with E-state index in [1.54, 1.807) is 30.3 Å². The van der Waals surface area contributed by atoms with Crippen LogP contribution in [0.2, 0.25) is 0 Å². The molecule has 0 atom stereocenters. The van der Waals surface area contributed by atoms with Crippen molar-refractivity contribution in [1.29, 1.82) is 0 Å². The third-order valence-electron chi connectivity index (χ3n) is 2.71. The van der Waals surface area contributed by atoms with Crippen molar-refractivity contribution in [2.75, 3.05) is 25.2 Å². The number of aromatic nitrogens is 2. The van der Waals surface area contributed by atoms with E-state index in [0.717, 1.165) is 5.75 Å². The average molecular weight is 307 g/mol. The lowest BCUT2D eigenvalue weighted by Crippen LogP contribution is -2.27. The number of nitrogens with zero attached hydrogens (tertiary/aromatic N) is 2. The molecule has 6 nitrogen and oxygen atoms in total. The fourth-order valence-corrected chi connectivity index (χ4v) is 3.73. The van der Waals surface area contributed by atoms with Crippen LogP contribution in [0.3, 0.4) is 0 Å². The monoisotopic (exact) mass is 307 g/mol. The Morgan fingerprint density at radius 2 is 2.11 bits per heavy atom. The second-order valence-electron chi connectivity index (χ2n) is 4.19. The van der Waals surface area contributed by atoms with Crippen LogP contribution in [0.4, 0.5) is 0 Å². The lowest BCUT2D eigenvalue weighted by atomic mass is 10.4. The molecular weight excluding hydrogens is 286 g/mol. The first kappa shape index (κ1) is 16.5. The van der Waals surface area contributed by atoms with Gasteiger partial charge in [-0.2, -0.15) is 16.9 Å². The minimum atomic E-state index is -3.51. The zero-order valence-corrected chi connectivity index (χ0v) is 13.1. The normalized spacial score (nSPS) is 12.0. The van der Waals surface area contributed by atoms with Crippen LogP contribution in [0.5, 0.6) is 0 Å². The molecule has 8 heteroatoms. The SMILES string of the molecule is CSCCNS(=O)(=O)c1c(C)nn(CCCO)c1C. The molecule has 0 bridgehead atoms. The number of sulfonamides is 1. The molecule has 0 aliphatic heterocycles. The van der Waals surface area contributed by atoms with E-state index in [9.17, 15) is 8.42 Å². The average Bonchev–Trinajstić information content (AvgIpc) is 2.62. The molecule has 0 fully saturated rings. The number of thioether (sulfide) groups is 1. The zero-order valence-electron chi connectivity index (χ0n) is 11.5. The van der Waals surface area contributed by atoms with E-state index >= 15 is 0 Å². The predicted octanol–water partition coefficient (Wildman–Crippen LogP) is 0.524. The third-order valence-corrected chi connectivity index (χ3v) is 5.03. The molecule has 0 aromatic carbocycles. The predicted molar refractivity (Wildman–Crippen MR) is 77.0 cm³/mol. The summed E-state index contributed by atoms with van der Waals surface area (Å²) < 4.78 is 28.6. The van der Waals surface area contributed by atoms with E-state index in [4.69, 9.17) is 5.11 Å². The third kappa shape index (κ3) is 4.20. The van der Waals surface area contributed by atoms with Crippen molar-refractivity contribution in [3.63, 3.8) is 0 Å². The molecule has 0 saturated carbocycles. The van der Waals surface area contributed by atoms with Gasteiger partial charge in [-0.25, -0.2) is 13.1 Å². The number of hydrogen-bond donors (Lipinski definition) is 2. The fourth-order valence-electron chi connectivity index (χ4n) is 1.86. The summed E-state index contributed by atoms with van der Waals surface area (Å²) in [5.74, 6) is 0.732. The van der Waals surface area contributed by atoms with Crippen molar-refractivity contribution >= 4 is 21.8 Å². The highest BCUT2D eigenvalue weighted by atomic mass is 32.2. The highest BCUT2D eigenvalue weighted by Gasteiger charge is 2.23. The number of aliphatic hydroxyl groups is 1. The van der Waals surface area contributed by atoms with Gasteiger partial charge in [0.25, 0.3) is 0 Å². The van der Waals surface area contributed by atoms with Crippen molar-refractivity contribution in [2.24, 2.45) is 0 Å². The van der Waals surface area contributed by atoms with Gasteiger partial charge in [-0.05, 0) is 26.5 Å². The van der Waals surface area contributed by atoms with Crippen molar-refractivity contribution < 1.29 is 13.5 Å². The molecule has 1 rings (SSSR count). The van der Waals surface area contributed by atoms with Gasteiger partial charge in [0.2, 0.25) is 10.0 Å². The van der Waals surface area contributed by atoms with Gasteiger partial charge in [-0.15, -0.1) is 0 Å². The topological polar surface area (TPSA) is 84.2 Å². The Kier molecular flexibility index (Phi) is 6.31. The van der Waals surface area contributed by atoms with Gasteiger partial charge in [0, 0.05) is 25.4 Å². The lowest BCUT2D eigenvalue weighted by Gasteiger charge is -2.07. The second kappa shape index (κ2) is 7.28. The number of hydrogen-bond acceptors (Lipinski definition) is 5. The van der Waals surface area contributed by atoms with Crippen molar-refractivity contribution in [2.45, 2.75) is 31.7 Å². The first-order valence-electron chi connectivity index (χ1n) is 6.07. The van der Waals surface area contributed by atoms with Gasteiger partial charge >= 0.3 is 0 Å². The molecular formula is C11H21N3O3S2. The van der Waals surface area contributed by atoms with Gasteiger partial charge in [0.05, 0.1) is 11.4 Å². The molecule has 110 valence electrons. The summed E-state index contributed by atoms with van der Waals surface area (Å²) in [5, 5.41) is 13.0. The Bertz CT molecular complexity index is 512. The molecule has 0 amide bonds. The Morgan fingerprint density at radius 3 is 2.68 bits per heavy atom. The molecule has 2 N–H and O–H groups in total. The van der Waals surface area contributed by atoms with E-state index in [-0.39, 0.29) is 11.5 Å². The van der Waals surface area contributed by atoms with E-state index in [1.807, 2.05) is 6.26 Å². The smallest absolute Gasteiger partial charge is 0.244 e. The van der Waals surface area contributed by atoms with E-state index in [2.05, 4.69) is 9.82 Å². The maximum Gasteiger partial charge on any atom is 0.244 e. The fraction of sp³-hybridized carbons (Fsp3) is 0.727. The lowest BCUT2D eigenvalue weighted by molar-refractivity contribution is 0.276. The zero-order chi connectivity index (χ0) is 14.5. The maximum absolute atomic E-state index is 12.2. The minimum absolute atomic E-state index is 0.0619. The first-order chi connectivity index (χ1) is 8.94. The molecule has 0 aliphatic rings. The van der Waals surface area contributed by atoms with Crippen LogP contribution in [-0.2, 0) is 16.6 Å². The van der Waals surface area contributed by atoms with Crippen LogP contribution < -0.4 is 4.72 Å². The summed E-state index contributed by atoms with van der Waals surface area (Å²) in [6.45, 7) is 4.41. The highest BCUT2D eigenvalue weighted by molar-refractivity contribution is 7.98. The summed E-state index contributed by atoms with van der Waals surface area (Å²) in [4.78, 5) is 0.256. The van der Waals surface area contributed by atoms with Crippen molar-refractivity contribution in [3.05, 3.63) is 11.4 Å². The van der Waals surface area contributed by atoms with Crippen LogP contribution in [0, 0.1) is 13.8 Å². The number of aryl methyl sites for hydroxylation is 2. The molecule has 0 saturated heterocycles. The maximum atomic E-state index is 12.2. The molecule has 0 aliphatic carbocycles. The van der Waals surface area contributed by atoms with E-state index in [1.165, 1.54) is 0 Å². The van der Waals surface area contributed by atoms with Crippen molar-refractivity contribution in [3.8, 4) is 0 Å². The van der Waals surface area contributed by atoms with Crippen LogP contribution in [0.15, 0.2) is 4.90 Å². The molecule has 19 heavy (non-hydrogen) atoms. The standard InChI is InChI=1S/C11H21N3O3S2/c1-9-11(19(16,17)12-5-8-18-3)10(2)14(13-9)6-4-7-15/h12,15H,4-8H2,1-3H3. The Hall–Kier alpha value is -0.570. The van der Waals surface area contributed by atoms with Gasteiger partial charge in [-0.1, -0.05) is 0 Å². The summed E-state index contributed by atoms with van der Waals surface area (Å²) in [6.07, 6.45) is 2.49. The molecule has 0 radical (unpaired) electrons. The molecule has 1 aromatic heterocycles. The Morgan fingerprint density at radius 1 is 1.42 bits per heavy atom. The summed E-state index contributed by atoms with van der Waals surface area (Å²) in [5.41, 5.74) is 1.11. The van der Waals surface area contributed by atoms with Crippen LogP contribution in [0.1, 0.15) is 17.8 Å². The van der Waals surface area contributed by atoms with E-state index in [0.29, 0.717) is 30.9 Å². The Balaban J connectivity index is 2.96. The van der Waals surface area contributed by atoms with Crippen molar-refractivity contribution in [1.82, 2.24) is 14.5 Å². The minimum Gasteiger partial charge on any atom is -0.396 e. The van der Waals surface area contributed by atoms with Crippen LogP contribution >= 0.6 is 11.8 Å². The van der Waals surface area contributed by atoms with Gasteiger partial charge in [0.15, 0.2) is 0 Å². The summed E-state index contributed by atoms with van der Waals surface area (Å²) in [6, 6.07) is 0. The second-order valence-corrected chi connectivity index (χ2v) is 6.88. The van der Waals surface area contributed by atoms with Crippen LogP contribution in [-0.4, -0.2) is 48.5 Å². The number of rotatable bonds is 8. The van der Waals surface area contributed by atoms with Gasteiger partial charge in [-0.3, -0.25) is 4.68 Å². The van der Waals surface area contributed by atoms with E-state index < -0.39 is 10.0 Å². The largest absolute Gasteiger partial charge is 0.396 e. The van der Waals surface area contributed by atoms with Gasteiger partial charge in [0.1, 0.15) is 4.90 Å². The van der Waals surface area contributed by atoms with Crippen LogP contribution in [0.25, 0.3) is 0 Å².